The van der Waals surface area contributed by atoms with Gasteiger partial charge < -0.3 is 0 Å². The van der Waals surface area contributed by atoms with Gasteiger partial charge in [0.25, 0.3) is 0 Å². The molecule has 3 nitrogen and oxygen atoms in total. The van der Waals surface area contributed by atoms with Gasteiger partial charge in [-0.1, -0.05) is 18.2 Å². The van der Waals surface area contributed by atoms with E-state index in [1.165, 1.54) is 22.5 Å². The van der Waals surface area contributed by atoms with Crippen LogP contribution in [-0.4, -0.2) is 27.5 Å². The van der Waals surface area contributed by atoms with Crippen molar-refractivity contribution in [3.63, 3.8) is 0 Å². The number of nitrogens with zero attached hydrogens (tertiary/aromatic N) is 1. The van der Waals surface area contributed by atoms with Crippen molar-refractivity contribution >= 4 is 34.4 Å². The average Bonchev–Trinajstić information content (AvgIpc) is 2.49. The molecule has 2 unspecified atom stereocenters. The SMILES string of the molecule is NNC(c1cnc2ccccc2c1)C1CSCCS1. The highest BCUT2D eigenvalue weighted by Crippen LogP contribution is 2.33. The second-order valence-electron chi connectivity index (χ2n) is 4.59. The molecule has 19 heavy (non-hydrogen) atoms. The Bertz CT molecular complexity index is 555. The second kappa shape index (κ2) is 6.13. The number of hydrogen-bond donors (Lipinski definition) is 2. The number of nitrogens with one attached hydrogen (secondary N) is 1. The molecule has 3 N–H and O–H groups in total. The minimum atomic E-state index is 0.176. The minimum Gasteiger partial charge on any atom is -0.271 e. The molecule has 0 aliphatic carbocycles. The van der Waals surface area contributed by atoms with Gasteiger partial charge in [-0.05, 0) is 17.7 Å². The summed E-state index contributed by atoms with van der Waals surface area (Å²) in [5.74, 6) is 9.37. The van der Waals surface area contributed by atoms with Crippen molar-refractivity contribution in [1.29, 1.82) is 0 Å². The van der Waals surface area contributed by atoms with Gasteiger partial charge in [0.1, 0.15) is 0 Å². The topological polar surface area (TPSA) is 50.9 Å². The van der Waals surface area contributed by atoms with Gasteiger partial charge in [0.15, 0.2) is 0 Å². The number of fused-ring (bicyclic) bond motifs is 1. The van der Waals surface area contributed by atoms with Gasteiger partial charge in [-0.3, -0.25) is 16.3 Å². The zero-order valence-corrected chi connectivity index (χ0v) is 12.2. The van der Waals surface area contributed by atoms with Gasteiger partial charge in [0.2, 0.25) is 0 Å². The lowest BCUT2D eigenvalue weighted by Gasteiger charge is -2.29. The lowest BCUT2D eigenvalue weighted by molar-refractivity contribution is 0.552. The first-order chi connectivity index (χ1) is 9.38. The number of aromatic nitrogens is 1. The molecule has 1 aliphatic heterocycles. The summed E-state index contributed by atoms with van der Waals surface area (Å²) in [5.41, 5.74) is 5.20. The maximum atomic E-state index is 5.78. The van der Waals surface area contributed by atoms with Crippen LogP contribution in [0.15, 0.2) is 36.5 Å². The van der Waals surface area contributed by atoms with Crippen LogP contribution in [0.1, 0.15) is 11.6 Å². The molecule has 1 aromatic heterocycles. The summed E-state index contributed by atoms with van der Waals surface area (Å²) in [5, 5.41) is 1.69. The third kappa shape index (κ3) is 2.89. The number of benzene rings is 1. The summed E-state index contributed by atoms with van der Waals surface area (Å²) in [4.78, 5) is 4.53. The monoisotopic (exact) mass is 291 g/mol. The highest BCUT2D eigenvalue weighted by Gasteiger charge is 2.25. The Labute approximate surface area is 121 Å². The maximum absolute atomic E-state index is 5.78. The Morgan fingerprint density at radius 2 is 2.21 bits per heavy atom. The summed E-state index contributed by atoms with van der Waals surface area (Å²) in [6, 6.07) is 10.6. The predicted octanol–water partition coefficient (Wildman–Crippen LogP) is 2.59. The standard InChI is InChI=1S/C14H17N3S2/c15-17-14(13-9-18-5-6-19-13)11-7-10-3-1-2-4-12(10)16-8-11/h1-4,7-8,13-14,17H,5-6,9,15H2. The van der Waals surface area contributed by atoms with Crippen molar-refractivity contribution in [3.05, 3.63) is 42.1 Å². The smallest absolute Gasteiger partial charge is 0.0702 e. The molecule has 1 fully saturated rings. The molecule has 1 saturated heterocycles. The van der Waals surface area contributed by atoms with Crippen LogP contribution in [0.4, 0.5) is 0 Å². The first-order valence-electron chi connectivity index (χ1n) is 6.38. The molecule has 5 heteroatoms. The van der Waals surface area contributed by atoms with E-state index in [1.807, 2.05) is 47.9 Å². The summed E-state index contributed by atoms with van der Waals surface area (Å²) in [6.07, 6.45) is 1.95. The van der Waals surface area contributed by atoms with Gasteiger partial charge in [-0.15, -0.1) is 0 Å². The first kappa shape index (κ1) is 13.2. The Morgan fingerprint density at radius 3 is 3.00 bits per heavy atom. The molecule has 0 spiro atoms. The lowest BCUT2D eigenvalue weighted by atomic mass is 10.0. The fraction of sp³-hybridized carbons (Fsp3) is 0.357. The van der Waals surface area contributed by atoms with Crippen molar-refractivity contribution in [2.24, 2.45) is 5.84 Å². The summed E-state index contributed by atoms with van der Waals surface area (Å²) < 4.78 is 0. The van der Waals surface area contributed by atoms with Crippen LogP contribution in [0.5, 0.6) is 0 Å². The zero-order valence-electron chi connectivity index (χ0n) is 10.6. The zero-order chi connectivity index (χ0) is 13.1. The minimum absolute atomic E-state index is 0.176. The largest absolute Gasteiger partial charge is 0.271 e. The second-order valence-corrected chi connectivity index (χ2v) is 7.09. The number of nitrogens with two attached hydrogens (primary N) is 1. The molecule has 0 amide bonds. The fourth-order valence-electron chi connectivity index (χ4n) is 2.37. The van der Waals surface area contributed by atoms with E-state index in [0.29, 0.717) is 5.25 Å². The molecule has 1 aliphatic rings. The normalized spacial score (nSPS) is 21.4. The van der Waals surface area contributed by atoms with E-state index in [9.17, 15) is 0 Å². The van der Waals surface area contributed by atoms with E-state index in [1.54, 1.807) is 0 Å². The van der Waals surface area contributed by atoms with Gasteiger partial charge in [0.05, 0.1) is 11.6 Å². The maximum Gasteiger partial charge on any atom is 0.0702 e. The van der Waals surface area contributed by atoms with Gasteiger partial charge in [-0.25, -0.2) is 0 Å². The highest BCUT2D eigenvalue weighted by atomic mass is 32.2. The number of hydrazine groups is 1. The highest BCUT2D eigenvalue weighted by molar-refractivity contribution is 8.06. The molecule has 0 radical (unpaired) electrons. The van der Waals surface area contributed by atoms with E-state index in [0.717, 1.165) is 11.3 Å². The van der Waals surface area contributed by atoms with Crippen LogP contribution in [0, 0.1) is 0 Å². The Kier molecular flexibility index (Phi) is 4.28. The molecule has 1 aromatic carbocycles. The molecular weight excluding hydrogens is 274 g/mol. The molecule has 100 valence electrons. The Balaban J connectivity index is 1.91. The third-order valence-corrected chi connectivity index (χ3v) is 6.23. The molecule has 3 rings (SSSR count). The van der Waals surface area contributed by atoms with E-state index in [-0.39, 0.29) is 6.04 Å². The van der Waals surface area contributed by atoms with E-state index >= 15 is 0 Å². The lowest BCUT2D eigenvalue weighted by Crippen LogP contribution is -2.37. The molecular formula is C14H17N3S2. The van der Waals surface area contributed by atoms with Crippen molar-refractivity contribution in [2.45, 2.75) is 11.3 Å². The molecule has 0 bridgehead atoms. The average molecular weight is 291 g/mol. The summed E-state index contributed by atoms with van der Waals surface area (Å²) >= 11 is 4.01. The first-order valence-corrected chi connectivity index (χ1v) is 8.59. The summed E-state index contributed by atoms with van der Waals surface area (Å²) in [7, 11) is 0. The molecule has 0 saturated carbocycles. The van der Waals surface area contributed by atoms with Crippen LogP contribution >= 0.6 is 23.5 Å². The fourth-order valence-corrected chi connectivity index (χ4v) is 5.23. The van der Waals surface area contributed by atoms with Crippen LogP contribution in [0.2, 0.25) is 0 Å². The van der Waals surface area contributed by atoms with E-state index in [2.05, 4.69) is 22.5 Å². The number of pyridine rings is 1. The van der Waals surface area contributed by atoms with Crippen LogP contribution in [0.25, 0.3) is 10.9 Å². The van der Waals surface area contributed by atoms with Crippen LogP contribution < -0.4 is 11.3 Å². The third-order valence-electron chi connectivity index (χ3n) is 3.36. The van der Waals surface area contributed by atoms with E-state index < -0.39 is 0 Å². The van der Waals surface area contributed by atoms with Gasteiger partial charge in [0, 0.05) is 34.1 Å². The van der Waals surface area contributed by atoms with Gasteiger partial charge in [-0.2, -0.15) is 23.5 Å². The number of para-hydroxylation sites is 1. The quantitative estimate of drug-likeness (QED) is 0.672. The van der Waals surface area contributed by atoms with Gasteiger partial charge >= 0.3 is 0 Å². The summed E-state index contributed by atoms with van der Waals surface area (Å²) in [6.45, 7) is 0. The van der Waals surface area contributed by atoms with E-state index in [4.69, 9.17) is 5.84 Å². The Hall–Kier alpha value is -0.750. The van der Waals surface area contributed by atoms with Crippen molar-refractivity contribution in [1.82, 2.24) is 10.4 Å². The van der Waals surface area contributed by atoms with Crippen LogP contribution in [-0.2, 0) is 0 Å². The van der Waals surface area contributed by atoms with Crippen molar-refractivity contribution in [3.8, 4) is 0 Å². The number of thioether (sulfide) groups is 2. The number of hydrogen-bond acceptors (Lipinski definition) is 5. The molecule has 2 aromatic rings. The van der Waals surface area contributed by atoms with Crippen molar-refractivity contribution < 1.29 is 0 Å². The van der Waals surface area contributed by atoms with Crippen LogP contribution in [0.3, 0.4) is 0 Å². The predicted molar refractivity (Wildman–Crippen MR) is 85.4 cm³/mol. The number of rotatable bonds is 3. The van der Waals surface area contributed by atoms with Crippen molar-refractivity contribution in [2.75, 3.05) is 17.3 Å². The molecule has 2 heterocycles. The molecule has 2 atom stereocenters. The Morgan fingerprint density at radius 1 is 1.32 bits per heavy atom.